The van der Waals surface area contributed by atoms with E-state index in [1.54, 1.807) is 0 Å². The second-order valence-corrected chi connectivity index (χ2v) is 1.57. The Kier molecular flexibility index (Phi) is 1.42. The average molecular weight is 115 g/mol. The minimum Gasteiger partial charge on any atom is -0.212 e. The van der Waals surface area contributed by atoms with Crippen molar-refractivity contribution in [1.29, 1.82) is 0 Å². The summed E-state index contributed by atoms with van der Waals surface area (Å²) in [5, 5.41) is 0. The van der Waals surface area contributed by atoms with Crippen LogP contribution in [0.15, 0.2) is 23.8 Å². The molecule has 0 N–H and O–H groups in total. The Morgan fingerprint density at radius 2 is 2.00 bits per heavy atom. The highest BCUT2D eigenvalue weighted by Gasteiger charge is 2.03. The van der Waals surface area contributed by atoms with Gasteiger partial charge in [0.15, 0.2) is 0 Å². The molecule has 8 heavy (non-hydrogen) atoms. The molecule has 0 spiro atoms. The van der Waals surface area contributed by atoms with Crippen LogP contribution in [0.5, 0.6) is 0 Å². The van der Waals surface area contributed by atoms with Gasteiger partial charge in [-0.2, -0.15) is 0 Å². The van der Waals surface area contributed by atoms with Crippen LogP contribution in [0, 0.1) is 6.42 Å². The Morgan fingerprint density at radius 1 is 1.25 bits per heavy atom. The number of rotatable bonds is 0. The fourth-order valence-electron chi connectivity index (χ4n) is 0.501. The molecule has 0 aromatic rings. The van der Waals surface area contributed by atoms with Gasteiger partial charge >= 0.3 is 0 Å². The van der Waals surface area contributed by atoms with Crippen molar-refractivity contribution >= 4 is 0 Å². The van der Waals surface area contributed by atoms with Gasteiger partial charge in [-0.25, -0.2) is 8.78 Å². The van der Waals surface area contributed by atoms with Crippen LogP contribution in [0.2, 0.25) is 0 Å². The summed E-state index contributed by atoms with van der Waals surface area (Å²) >= 11 is 0. The average Bonchev–Trinajstić information content (AvgIpc) is 1.77. The van der Waals surface area contributed by atoms with Gasteiger partial charge in [0.25, 0.3) is 0 Å². The van der Waals surface area contributed by atoms with Gasteiger partial charge in [-0.1, -0.05) is 0 Å². The van der Waals surface area contributed by atoms with Crippen molar-refractivity contribution in [2.45, 2.75) is 6.42 Å². The predicted octanol–water partition coefficient (Wildman–Crippen LogP) is 2.30. The van der Waals surface area contributed by atoms with E-state index in [0.717, 1.165) is 12.2 Å². The quantitative estimate of drug-likeness (QED) is 0.454. The van der Waals surface area contributed by atoms with E-state index < -0.39 is 0 Å². The molecular formula is C6H5F2. The molecule has 0 bridgehead atoms. The molecule has 1 rings (SSSR count). The molecule has 0 saturated heterocycles. The Morgan fingerprint density at radius 3 is 2.38 bits per heavy atom. The van der Waals surface area contributed by atoms with Gasteiger partial charge in [0.1, 0.15) is 11.7 Å². The molecule has 0 saturated carbocycles. The van der Waals surface area contributed by atoms with E-state index >= 15 is 0 Å². The van der Waals surface area contributed by atoms with E-state index in [1.165, 1.54) is 6.42 Å². The van der Waals surface area contributed by atoms with E-state index in [9.17, 15) is 8.78 Å². The lowest BCUT2D eigenvalue weighted by Gasteiger charge is -1.98. The van der Waals surface area contributed by atoms with Crippen molar-refractivity contribution < 1.29 is 8.78 Å². The first kappa shape index (κ1) is 5.48. The lowest BCUT2D eigenvalue weighted by atomic mass is 10.2. The first-order chi connectivity index (χ1) is 3.79. The van der Waals surface area contributed by atoms with Crippen LogP contribution in [-0.2, 0) is 0 Å². The SMILES string of the molecule is FC1=CC=C(F)C[CH]1. The zero-order valence-electron chi connectivity index (χ0n) is 4.20. The summed E-state index contributed by atoms with van der Waals surface area (Å²) in [6.07, 6.45) is 3.55. The summed E-state index contributed by atoms with van der Waals surface area (Å²) in [5.74, 6) is -0.641. The molecule has 0 heterocycles. The molecule has 0 unspecified atom stereocenters. The molecule has 0 amide bonds. The second kappa shape index (κ2) is 2.07. The smallest absolute Gasteiger partial charge is 0.104 e. The Labute approximate surface area is 46.5 Å². The first-order valence-corrected chi connectivity index (χ1v) is 2.34. The molecule has 0 aromatic carbocycles. The maximum atomic E-state index is 12.0. The van der Waals surface area contributed by atoms with E-state index in [1.807, 2.05) is 0 Å². The highest BCUT2D eigenvalue weighted by atomic mass is 19.1. The summed E-state index contributed by atoms with van der Waals surface area (Å²) in [4.78, 5) is 0. The van der Waals surface area contributed by atoms with Gasteiger partial charge in [-0.15, -0.1) is 0 Å². The highest BCUT2D eigenvalue weighted by Crippen LogP contribution is 2.17. The zero-order valence-corrected chi connectivity index (χ0v) is 4.20. The third kappa shape index (κ3) is 1.15. The molecule has 43 valence electrons. The van der Waals surface area contributed by atoms with Crippen LogP contribution in [-0.4, -0.2) is 0 Å². The maximum absolute atomic E-state index is 12.0. The lowest BCUT2D eigenvalue weighted by molar-refractivity contribution is 0.574. The largest absolute Gasteiger partial charge is 0.212 e. The summed E-state index contributed by atoms with van der Waals surface area (Å²) in [5.41, 5.74) is 0. The third-order valence-electron chi connectivity index (χ3n) is 0.915. The van der Waals surface area contributed by atoms with Gasteiger partial charge in [-0.3, -0.25) is 0 Å². The molecule has 1 aliphatic rings. The molecule has 0 fully saturated rings. The van der Waals surface area contributed by atoms with Gasteiger partial charge in [0, 0.05) is 12.8 Å². The highest BCUT2D eigenvalue weighted by molar-refractivity contribution is 5.23. The van der Waals surface area contributed by atoms with Gasteiger partial charge < -0.3 is 0 Å². The van der Waals surface area contributed by atoms with Crippen molar-refractivity contribution in [2.24, 2.45) is 0 Å². The number of hydrogen-bond donors (Lipinski definition) is 0. The first-order valence-electron chi connectivity index (χ1n) is 2.34. The normalized spacial score (nSPS) is 19.8. The fourth-order valence-corrected chi connectivity index (χ4v) is 0.501. The topological polar surface area (TPSA) is 0 Å². The van der Waals surface area contributed by atoms with Crippen LogP contribution >= 0.6 is 0 Å². The summed E-state index contributed by atoms with van der Waals surface area (Å²) in [6, 6.07) is 0. The molecule has 0 aromatic heterocycles. The van der Waals surface area contributed by atoms with Crippen molar-refractivity contribution in [2.75, 3.05) is 0 Å². The standard InChI is InChI=1S/C6H5F2/c7-5-1-2-6(8)4-3-5/h1-3H,4H2. The molecule has 0 nitrogen and oxygen atoms in total. The van der Waals surface area contributed by atoms with Crippen molar-refractivity contribution in [3.05, 3.63) is 30.2 Å². The van der Waals surface area contributed by atoms with Gasteiger partial charge in [0.05, 0.1) is 0 Å². The Hall–Kier alpha value is -0.660. The number of allylic oxidation sites excluding steroid dienone is 4. The van der Waals surface area contributed by atoms with Crippen molar-refractivity contribution in [3.8, 4) is 0 Å². The molecule has 1 aliphatic carbocycles. The lowest BCUT2D eigenvalue weighted by Crippen LogP contribution is -1.84. The van der Waals surface area contributed by atoms with Crippen LogP contribution < -0.4 is 0 Å². The van der Waals surface area contributed by atoms with E-state index in [-0.39, 0.29) is 18.1 Å². The number of halogens is 2. The molecule has 2 heteroatoms. The molecular weight excluding hydrogens is 110 g/mol. The minimum absolute atomic E-state index is 0.0995. The van der Waals surface area contributed by atoms with E-state index in [0.29, 0.717) is 0 Å². The van der Waals surface area contributed by atoms with Crippen LogP contribution in [0.4, 0.5) is 8.78 Å². The predicted molar refractivity (Wildman–Crippen MR) is 27.3 cm³/mol. The van der Waals surface area contributed by atoms with E-state index in [2.05, 4.69) is 0 Å². The van der Waals surface area contributed by atoms with Crippen LogP contribution in [0.3, 0.4) is 0 Å². The summed E-state index contributed by atoms with van der Waals surface area (Å²) in [7, 11) is 0. The summed E-state index contributed by atoms with van der Waals surface area (Å²) in [6.45, 7) is 0. The Balaban J connectivity index is 2.65. The maximum Gasteiger partial charge on any atom is 0.104 e. The van der Waals surface area contributed by atoms with Crippen LogP contribution in [0.25, 0.3) is 0 Å². The molecule has 0 aliphatic heterocycles. The number of hydrogen-bond acceptors (Lipinski definition) is 0. The minimum atomic E-state index is -0.355. The third-order valence-corrected chi connectivity index (χ3v) is 0.915. The second-order valence-electron chi connectivity index (χ2n) is 1.57. The molecule has 1 radical (unpaired) electrons. The van der Waals surface area contributed by atoms with Crippen LogP contribution in [0.1, 0.15) is 6.42 Å². The summed E-state index contributed by atoms with van der Waals surface area (Å²) < 4.78 is 23.9. The van der Waals surface area contributed by atoms with E-state index in [4.69, 9.17) is 0 Å². The van der Waals surface area contributed by atoms with Crippen molar-refractivity contribution in [3.63, 3.8) is 0 Å². The van der Waals surface area contributed by atoms with Gasteiger partial charge in [0.2, 0.25) is 0 Å². The monoisotopic (exact) mass is 115 g/mol. The zero-order chi connectivity index (χ0) is 5.98. The molecule has 0 atom stereocenters. The Bertz CT molecular complexity index is 127. The van der Waals surface area contributed by atoms with Gasteiger partial charge in [-0.05, 0) is 12.2 Å². The fraction of sp³-hybridized carbons (Fsp3) is 0.167. The van der Waals surface area contributed by atoms with Crippen molar-refractivity contribution in [1.82, 2.24) is 0 Å².